The third-order valence-electron chi connectivity index (χ3n) is 8.50. The second-order valence-electron chi connectivity index (χ2n) is 11.3. The molecule has 0 unspecified atom stereocenters. The number of nitrogens with zero attached hydrogens (tertiary/aromatic N) is 3. The Morgan fingerprint density at radius 1 is 0.565 bits per heavy atom. The summed E-state index contributed by atoms with van der Waals surface area (Å²) < 4.78 is 8.66. The van der Waals surface area contributed by atoms with Crippen LogP contribution in [0.2, 0.25) is 0 Å². The number of aromatic nitrogens is 2. The van der Waals surface area contributed by atoms with E-state index in [1.807, 2.05) is 18.2 Å². The normalized spacial score (nSPS) is 11.5. The molecule has 0 radical (unpaired) electrons. The number of hydrogen-bond acceptors (Lipinski definition) is 4. The molecular weight excluding hydrogens is 583 g/mol. The van der Waals surface area contributed by atoms with Crippen molar-refractivity contribution >= 4 is 59.3 Å². The summed E-state index contributed by atoms with van der Waals surface area (Å²) in [6.45, 7) is 7.43. The Bertz CT molecular complexity index is 2660. The zero-order valence-corrected chi connectivity index (χ0v) is 25.3. The van der Waals surface area contributed by atoms with Gasteiger partial charge in [0.25, 0.3) is 0 Å². The SMILES string of the molecule is [C-]#[N+]c1ccc2oc3c(-c4cccc(-c5cccc(-c6nc(-c7ccccc7)c7sc8ccccc8c7n6)c5)c4)cccc3c2c1. The Morgan fingerprint density at radius 3 is 2.11 bits per heavy atom. The van der Waals surface area contributed by atoms with E-state index in [9.17, 15) is 0 Å². The van der Waals surface area contributed by atoms with Crippen LogP contribution in [0.1, 0.15) is 0 Å². The molecule has 9 aromatic rings. The van der Waals surface area contributed by atoms with Crippen LogP contribution in [-0.2, 0) is 0 Å². The Kier molecular flexibility index (Phi) is 6.02. The summed E-state index contributed by atoms with van der Waals surface area (Å²) in [6, 6.07) is 47.6. The summed E-state index contributed by atoms with van der Waals surface area (Å²) in [5.41, 5.74) is 10.4. The predicted octanol–water partition coefficient (Wildman–Crippen LogP) is 12.0. The Labute approximate surface area is 268 Å². The van der Waals surface area contributed by atoms with Crippen LogP contribution in [0, 0.1) is 6.57 Å². The number of hydrogen-bond donors (Lipinski definition) is 0. The molecule has 6 aromatic carbocycles. The van der Waals surface area contributed by atoms with Gasteiger partial charge in [0.1, 0.15) is 11.2 Å². The highest BCUT2D eigenvalue weighted by molar-refractivity contribution is 7.26. The summed E-state index contributed by atoms with van der Waals surface area (Å²) in [5.74, 6) is 0.707. The molecule has 0 fully saturated rings. The number of fused-ring (bicyclic) bond motifs is 6. The first-order chi connectivity index (χ1) is 22.7. The van der Waals surface area contributed by atoms with E-state index >= 15 is 0 Å². The molecule has 9 rings (SSSR count). The van der Waals surface area contributed by atoms with E-state index in [1.165, 1.54) is 4.70 Å². The first kappa shape index (κ1) is 26.3. The molecular formula is C41H23N3OS. The van der Waals surface area contributed by atoms with Crippen LogP contribution in [0.25, 0.3) is 92.0 Å². The van der Waals surface area contributed by atoms with Crippen molar-refractivity contribution in [3.05, 3.63) is 151 Å². The van der Waals surface area contributed by atoms with Crippen LogP contribution in [0.4, 0.5) is 5.69 Å². The Balaban J connectivity index is 1.17. The van der Waals surface area contributed by atoms with Gasteiger partial charge in [-0.15, -0.1) is 11.3 Å². The molecule has 0 spiro atoms. The van der Waals surface area contributed by atoms with E-state index < -0.39 is 0 Å². The summed E-state index contributed by atoms with van der Waals surface area (Å²) >= 11 is 1.74. The minimum Gasteiger partial charge on any atom is -0.456 e. The van der Waals surface area contributed by atoms with Gasteiger partial charge < -0.3 is 4.42 Å². The molecule has 5 heteroatoms. The highest BCUT2D eigenvalue weighted by Crippen LogP contribution is 2.41. The quantitative estimate of drug-likeness (QED) is 0.187. The average molecular weight is 606 g/mol. The largest absolute Gasteiger partial charge is 0.456 e. The van der Waals surface area contributed by atoms with Gasteiger partial charge in [-0.25, -0.2) is 14.8 Å². The maximum atomic E-state index is 7.43. The van der Waals surface area contributed by atoms with Crippen molar-refractivity contribution in [2.75, 3.05) is 0 Å². The third-order valence-corrected chi connectivity index (χ3v) is 9.67. The second-order valence-corrected chi connectivity index (χ2v) is 12.3. The van der Waals surface area contributed by atoms with Gasteiger partial charge in [0.05, 0.1) is 22.5 Å². The monoisotopic (exact) mass is 605 g/mol. The van der Waals surface area contributed by atoms with Crippen molar-refractivity contribution in [2.45, 2.75) is 0 Å². The van der Waals surface area contributed by atoms with E-state index in [0.29, 0.717) is 11.5 Å². The van der Waals surface area contributed by atoms with Crippen LogP contribution in [0.15, 0.2) is 144 Å². The molecule has 0 atom stereocenters. The minimum absolute atomic E-state index is 0.605. The Hall–Kier alpha value is -6.09. The number of thiophene rings is 1. The lowest BCUT2D eigenvalue weighted by molar-refractivity contribution is 0.670. The number of para-hydroxylation sites is 1. The van der Waals surface area contributed by atoms with Crippen molar-refractivity contribution in [3.63, 3.8) is 0 Å². The fourth-order valence-electron chi connectivity index (χ4n) is 6.30. The zero-order chi connectivity index (χ0) is 30.6. The van der Waals surface area contributed by atoms with Crippen molar-refractivity contribution in [3.8, 4) is 44.9 Å². The minimum atomic E-state index is 0.605. The topological polar surface area (TPSA) is 43.3 Å². The first-order valence-electron chi connectivity index (χ1n) is 15.0. The van der Waals surface area contributed by atoms with Gasteiger partial charge in [-0.1, -0.05) is 109 Å². The molecule has 0 bridgehead atoms. The lowest BCUT2D eigenvalue weighted by Gasteiger charge is -2.10. The number of benzene rings is 6. The van der Waals surface area contributed by atoms with E-state index in [-0.39, 0.29) is 0 Å². The fourth-order valence-corrected chi connectivity index (χ4v) is 7.45. The van der Waals surface area contributed by atoms with Gasteiger partial charge in [-0.3, -0.25) is 0 Å². The van der Waals surface area contributed by atoms with Gasteiger partial charge in [0, 0.05) is 37.5 Å². The molecule has 0 aliphatic rings. The van der Waals surface area contributed by atoms with Crippen molar-refractivity contribution < 1.29 is 4.42 Å². The van der Waals surface area contributed by atoms with Gasteiger partial charge >= 0.3 is 0 Å². The molecule has 0 aliphatic heterocycles. The van der Waals surface area contributed by atoms with Crippen LogP contribution in [0.5, 0.6) is 0 Å². The smallest absolute Gasteiger partial charge is 0.188 e. The molecule has 0 aliphatic carbocycles. The molecule has 0 amide bonds. The van der Waals surface area contributed by atoms with Crippen LogP contribution < -0.4 is 0 Å². The zero-order valence-electron chi connectivity index (χ0n) is 24.4. The summed E-state index contributed by atoms with van der Waals surface area (Å²) in [4.78, 5) is 13.9. The molecule has 3 heterocycles. The van der Waals surface area contributed by atoms with Crippen molar-refractivity contribution in [2.24, 2.45) is 0 Å². The Morgan fingerprint density at radius 2 is 1.26 bits per heavy atom. The first-order valence-corrected chi connectivity index (χ1v) is 15.8. The molecule has 0 saturated heterocycles. The highest BCUT2D eigenvalue weighted by atomic mass is 32.1. The highest BCUT2D eigenvalue weighted by Gasteiger charge is 2.17. The fraction of sp³-hybridized carbons (Fsp3) is 0. The lowest BCUT2D eigenvalue weighted by Crippen LogP contribution is -1.94. The lowest BCUT2D eigenvalue weighted by atomic mass is 9.96. The van der Waals surface area contributed by atoms with E-state index in [1.54, 1.807) is 17.4 Å². The summed E-state index contributed by atoms with van der Waals surface area (Å²) in [7, 11) is 0. The van der Waals surface area contributed by atoms with E-state index in [0.717, 1.165) is 76.6 Å². The van der Waals surface area contributed by atoms with E-state index in [2.05, 4.69) is 120 Å². The summed E-state index contributed by atoms with van der Waals surface area (Å²) in [6.07, 6.45) is 0. The van der Waals surface area contributed by atoms with Gasteiger partial charge in [0.2, 0.25) is 0 Å². The standard InChI is InChI=1S/C41H23N3OS/c1-42-30-20-21-35-34(24-30)32-18-9-17-31(39(32)45-35)28-14-7-12-26(22-28)27-13-8-15-29(23-27)41-43-37(25-10-3-2-4-11-25)40-38(44-41)33-16-5-6-19-36(33)46-40/h2-24H. The molecule has 0 saturated carbocycles. The molecule has 3 aromatic heterocycles. The molecule has 46 heavy (non-hydrogen) atoms. The van der Waals surface area contributed by atoms with E-state index in [4.69, 9.17) is 21.0 Å². The molecule has 214 valence electrons. The predicted molar refractivity (Wildman–Crippen MR) is 190 cm³/mol. The van der Waals surface area contributed by atoms with Gasteiger partial charge in [-0.05, 0) is 47.0 Å². The van der Waals surface area contributed by atoms with Crippen LogP contribution >= 0.6 is 11.3 Å². The van der Waals surface area contributed by atoms with Crippen LogP contribution in [-0.4, -0.2) is 9.97 Å². The molecule has 0 N–H and O–H groups in total. The number of rotatable bonds is 4. The van der Waals surface area contributed by atoms with Gasteiger partial charge in [0.15, 0.2) is 11.5 Å². The maximum absolute atomic E-state index is 7.43. The van der Waals surface area contributed by atoms with Gasteiger partial charge in [-0.2, -0.15) is 0 Å². The third kappa shape index (κ3) is 4.28. The number of furan rings is 1. The summed E-state index contributed by atoms with van der Waals surface area (Å²) in [5, 5.41) is 3.12. The average Bonchev–Trinajstić information content (AvgIpc) is 3.70. The van der Waals surface area contributed by atoms with Crippen LogP contribution in [0.3, 0.4) is 0 Å². The molecule has 4 nitrogen and oxygen atoms in total. The van der Waals surface area contributed by atoms with Crippen molar-refractivity contribution in [1.29, 1.82) is 0 Å². The second kappa shape index (κ2) is 10.5. The van der Waals surface area contributed by atoms with Crippen molar-refractivity contribution in [1.82, 2.24) is 9.97 Å². The maximum Gasteiger partial charge on any atom is 0.188 e.